The summed E-state index contributed by atoms with van der Waals surface area (Å²) < 4.78 is 28.7. The molecule has 0 saturated carbocycles. The first-order valence-corrected chi connectivity index (χ1v) is 8.93. The van der Waals surface area contributed by atoms with Gasteiger partial charge in [-0.1, -0.05) is 11.6 Å². The summed E-state index contributed by atoms with van der Waals surface area (Å²) in [6.45, 7) is 1.87. The minimum atomic E-state index is -3.76. The zero-order valence-electron chi connectivity index (χ0n) is 10.2. The lowest BCUT2D eigenvalue weighted by Gasteiger charge is -2.11. The highest BCUT2D eigenvalue weighted by Crippen LogP contribution is 2.34. The van der Waals surface area contributed by atoms with Crippen LogP contribution < -0.4 is 4.74 Å². The van der Waals surface area contributed by atoms with E-state index >= 15 is 0 Å². The molecule has 0 saturated heterocycles. The van der Waals surface area contributed by atoms with Crippen molar-refractivity contribution in [3.63, 3.8) is 0 Å². The van der Waals surface area contributed by atoms with E-state index in [1.807, 2.05) is 6.92 Å². The van der Waals surface area contributed by atoms with Gasteiger partial charge < -0.3 is 4.74 Å². The molecule has 0 bridgehead atoms. The minimum Gasteiger partial charge on any atom is -0.456 e. The first kappa shape index (κ1) is 15.6. The second kappa shape index (κ2) is 5.93. The smallest absolute Gasteiger partial charge is 0.261 e. The van der Waals surface area contributed by atoms with Gasteiger partial charge in [-0.05, 0) is 64.8 Å². The van der Waals surface area contributed by atoms with Gasteiger partial charge in [0.25, 0.3) is 9.05 Å². The maximum absolute atomic E-state index is 11.2. The quantitative estimate of drug-likeness (QED) is 0.676. The molecule has 2 rings (SSSR count). The van der Waals surface area contributed by atoms with Crippen LogP contribution in [0.2, 0.25) is 5.02 Å². The van der Waals surface area contributed by atoms with E-state index in [1.54, 1.807) is 18.2 Å². The zero-order chi connectivity index (χ0) is 14.9. The Labute approximate surface area is 135 Å². The highest BCUT2D eigenvalue weighted by Gasteiger charge is 2.13. The molecule has 7 heteroatoms. The van der Waals surface area contributed by atoms with Crippen molar-refractivity contribution >= 4 is 47.3 Å². The average molecular weight is 396 g/mol. The third kappa shape index (κ3) is 3.67. The van der Waals surface area contributed by atoms with Gasteiger partial charge in [-0.3, -0.25) is 0 Å². The number of benzene rings is 2. The molecule has 0 radical (unpaired) electrons. The fraction of sp³-hybridized carbons (Fsp3) is 0.0769. The Balaban J connectivity index is 2.35. The predicted molar refractivity (Wildman–Crippen MR) is 83.4 cm³/mol. The van der Waals surface area contributed by atoms with Crippen LogP contribution in [0.3, 0.4) is 0 Å². The van der Waals surface area contributed by atoms with E-state index in [-0.39, 0.29) is 4.90 Å². The molecule has 2 aromatic carbocycles. The summed E-state index contributed by atoms with van der Waals surface area (Å²) in [5, 5.41) is 0.623. The van der Waals surface area contributed by atoms with Gasteiger partial charge in [0.2, 0.25) is 0 Å². The minimum absolute atomic E-state index is 0.00576. The highest BCUT2D eigenvalue weighted by atomic mass is 79.9. The van der Waals surface area contributed by atoms with Gasteiger partial charge in [-0.15, -0.1) is 0 Å². The summed E-state index contributed by atoms with van der Waals surface area (Å²) in [7, 11) is 1.52. The van der Waals surface area contributed by atoms with Crippen molar-refractivity contribution in [1.82, 2.24) is 0 Å². The Morgan fingerprint density at radius 1 is 1.10 bits per heavy atom. The van der Waals surface area contributed by atoms with Crippen LogP contribution in [0.1, 0.15) is 5.56 Å². The van der Waals surface area contributed by atoms with E-state index in [1.165, 1.54) is 18.2 Å². The summed E-state index contributed by atoms with van der Waals surface area (Å²) in [5.74, 6) is 1.12. The summed E-state index contributed by atoms with van der Waals surface area (Å²) in [6.07, 6.45) is 0. The highest BCUT2D eigenvalue weighted by molar-refractivity contribution is 9.10. The van der Waals surface area contributed by atoms with Crippen LogP contribution in [0.25, 0.3) is 0 Å². The average Bonchev–Trinajstić information content (AvgIpc) is 2.33. The number of ether oxygens (including phenoxy) is 1. The topological polar surface area (TPSA) is 43.4 Å². The zero-order valence-corrected chi connectivity index (χ0v) is 14.1. The first-order chi connectivity index (χ1) is 9.27. The molecule has 0 unspecified atom stereocenters. The molecule has 0 aromatic heterocycles. The van der Waals surface area contributed by atoms with E-state index in [0.717, 1.165) is 5.56 Å². The van der Waals surface area contributed by atoms with E-state index < -0.39 is 9.05 Å². The molecule has 0 aliphatic rings. The summed E-state index contributed by atoms with van der Waals surface area (Å²) in [6, 6.07) is 9.55. The standard InChI is InChI=1S/C13H9BrCl2O3S/c1-8-6-9(15)2-4-12(8)19-13-5-3-10(7-11(13)14)20(16,17)18/h2-7H,1H3. The van der Waals surface area contributed by atoms with Crippen LogP contribution in [-0.4, -0.2) is 8.42 Å². The third-order valence-electron chi connectivity index (χ3n) is 2.54. The van der Waals surface area contributed by atoms with Gasteiger partial charge >= 0.3 is 0 Å². The lowest BCUT2D eigenvalue weighted by molar-refractivity contribution is 0.475. The molecular formula is C13H9BrCl2O3S. The fourth-order valence-electron chi connectivity index (χ4n) is 1.56. The van der Waals surface area contributed by atoms with E-state index in [9.17, 15) is 8.42 Å². The SMILES string of the molecule is Cc1cc(Cl)ccc1Oc1ccc(S(=O)(=O)Cl)cc1Br. The van der Waals surface area contributed by atoms with Gasteiger partial charge in [-0.2, -0.15) is 0 Å². The molecule has 20 heavy (non-hydrogen) atoms. The molecule has 0 N–H and O–H groups in total. The number of halogens is 3. The molecule has 0 heterocycles. The van der Waals surface area contributed by atoms with Crippen molar-refractivity contribution < 1.29 is 13.2 Å². The van der Waals surface area contributed by atoms with Crippen molar-refractivity contribution in [2.45, 2.75) is 11.8 Å². The van der Waals surface area contributed by atoms with Gasteiger partial charge in [0.1, 0.15) is 11.5 Å². The van der Waals surface area contributed by atoms with Crippen LogP contribution in [0.5, 0.6) is 11.5 Å². The molecule has 3 nitrogen and oxygen atoms in total. The molecule has 0 aliphatic heterocycles. The predicted octanol–water partition coefficient (Wildman–Crippen LogP) is 5.13. The van der Waals surface area contributed by atoms with E-state index in [2.05, 4.69) is 15.9 Å². The Morgan fingerprint density at radius 2 is 1.75 bits per heavy atom. The van der Waals surface area contributed by atoms with Crippen LogP contribution in [0.4, 0.5) is 0 Å². The van der Waals surface area contributed by atoms with E-state index in [0.29, 0.717) is 21.0 Å². The first-order valence-electron chi connectivity index (χ1n) is 5.45. The lowest BCUT2D eigenvalue weighted by Crippen LogP contribution is -1.93. The number of hydrogen-bond donors (Lipinski definition) is 0. The van der Waals surface area contributed by atoms with Crippen LogP contribution in [0, 0.1) is 6.92 Å². The van der Waals surface area contributed by atoms with Crippen molar-refractivity contribution in [2.75, 3.05) is 0 Å². The number of rotatable bonds is 3. The van der Waals surface area contributed by atoms with Crippen molar-refractivity contribution in [3.8, 4) is 11.5 Å². The maximum Gasteiger partial charge on any atom is 0.261 e. The molecule has 2 aromatic rings. The normalized spacial score (nSPS) is 11.4. The Morgan fingerprint density at radius 3 is 2.30 bits per heavy atom. The number of hydrogen-bond acceptors (Lipinski definition) is 3. The molecule has 0 fully saturated rings. The van der Waals surface area contributed by atoms with Crippen molar-refractivity contribution in [3.05, 3.63) is 51.5 Å². The lowest BCUT2D eigenvalue weighted by atomic mass is 10.2. The molecule has 0 aliphatic carbocycles. The molecule has 106 valence electrons. The maximum atomic E-state index is 11.2. The summed E-state index contributed by atoms with van der Waals surface area (Å²) >= 11 is 9.14. The van der Waals surface area contributed by atoms with Crippen LogP contribution >= 0.6 is 38.2 Å². The van der Waals surface area contributed by atoms with Crippen molar-refractivity contribution in [2.24, 2.45) is 0 Å². The molecular weight excluding hydrogens is 387 g/mol. The Hall–Kier alpha value is -0.750. The second-order valence-electron chi connectivity index (χ2n) is 4.04. The largest absolute Gasteiger partial charge is 0.456 e. The molecule has 0 spiro atoms. The monoisotopic (exact) mass is 394 g/mol. The van der Waals surface area contributed by atoms with E-state index in [4.69, 9.17) is 27.0 Å². The molecule has 0 amide bonds. The Bertz CT molecular complexity index is 760. The van der Waals surface area contributed by atoms with Gasteiger partial charge in [-0.25, -0.2) is 8.42 Å². The molecule has 0 atom stereocenters. The summed E-state index contributed by atoms with van der Waals surface area (Å²) in [5.41, 5.74) is 0.874. The van der Waals surface area contributed by atoms with Gasteiger partial charge in [0.05, 0.1) is 9.37 Å². The number of aryl methyl sites for hydroxylation is 1. The third-order valence-corrected chi connectivity index (χ3v) is 4.75. The van der Waals surface area contributed by atoms with Crippen LogP contribution in [-0.2, 0) is 9.05 Å². The second-order valence-corrected chi connectivity index (χ2v) is 7.90. The Kier molecular flexibility index (Phi) is 4.64. The van der Waals surface area contributed by atoms with Gasteiger partial charge in [0, 0.05) is 15.7 Å². The summed E-state index contributed by atoms with van der Waals surface area (Å²) in [4.78, 5) is 0.00576. The van der Waals surface area contributed by atoms with Crippen molar-refractivity contribution in [1.29, 1.82) is 0 Å². The van der Waals surface area contributed by atoms with Crippen LogP contribution in [0.15, 0.2) is 45.8 Å². The van der Waals surface area contributed by atoms with Gasteiger partial charge in [0.15, 0.2) is 0 Å². The fourth-order valence-corrected chi connectivity index (χ4v) is 3.18.